The molecule has 0 spiro atoms. The van der Waals surface area contributed by atoms with E-state index >= 15 is 0 Å². The third-order valence-electron chi connectivity index (χ3n) is 1.24. The molecule has 0 fully saturated rings. The van der Waals surface area contributed by atoms with Crippen molar-refractivity contribution in [3.8, 4) is 0 Å². The highest BCUT2D eigenvalue weighted by Gasteiger charge is 1.97. The lowest BCUT2D eigenvalue weighted by molar-refractivity contribution is -0.143. The first-order valence-corrected chi connectivity index (χ1v) is 4.33. The van der Waals surface area contributed by atoms with Gasteiger partial charge in [0, 0.05) is 6.08 Å². The Bertz CT molecular complexity index is 213. The highest BCUT2D eigenvalue weighted by molar-refractivity contribution is 5.81. The molecule has 0 saturated heterocycles. The van der Waals surface area contributed by atoms with Crippen molar-refractivity contribution < 1.29 is 28.9 Å². The summed E-state index contributed by atoms with van der Waals surface area (Å²) in [5, 5.41) is 8.21. The molecule has 0 atom stereocenters. The third kappa shape index (κ3) is 10.5. The Kier molecular flexibility index (Phi) is 8.31. The summed E-state index contributed by atoms with van der Waals surface area (Å²) in [6.45, 7) is 3.73. The zero-order valence-corrected chi connectivity index (χ0v) is 8.31. The Morgan fingerprint density at radius 1 is 1.13 bits per heavy atom. The van der Waals surface area contributed by atoms with E-state index < -0.39 is 11.9 Å². The van der Waals surface area contributed by atoms with Gasteiger partial charge in [0.1, 0.15) is 13.2 Å². The van der Waals surface area contributed by atoms with Crippen molar-refractivity contribution in [3.63, 3.8) is 0 Å². The molecule has 0 heterocycles. The standard InChI is InChI=1S/C9H14O6/c1-2-9(12)15-6-5-13-3-4-14-7-8(10)11/h2H,1,3-7H2,(H,10,11). The second kappa shape index (κ2) is 9.17. The number of hydrogen-bond acceptors (Lipinski definition) is 5. The van der Waals surface area contributed by atoms with Crippen molar-refractivity contribution in [1.29, 1.82) is 0 Å². The minimum Gasteiger partial charge on any atom is -0.480 e. The van der Waals surface area contributed by atoms with Gasteiger partial charge in [0.05, 0.1) is 19.8 Å². The largest absolute Gasteiger partial charge is 0.480 e. The average Bonchev–Trinajstić information content (AvgIpc) is 2.21. The van der Waals surface area contributed by atoms with Crippen LogP contribution in [-0.4, -0.2) is 50.1 Å². The first-order valence-electron chi connectivity index (χ1n) is 4.33. The van der Waals surface area contributed by atoms with Crippen LogP contribution in [-0.2, 0) is 23.8 Å². The Morgan fingerprint density at radius 3 is 2.33 bits per heavy atom. The predicted octanol–water partition coefficient (Wildman–Crippen LogP) is -0.167. The monoisotopic (exact) mass is 218 g/mol. The molecule has 0 aliphatic heterocycles. The quantitative estimate of drug-likeness (QED) is 0.329. The van der Waals surface area contributed by atoms with Crippen LogP contribution in [0.3, 0.4) is 0 Å². The summed E-state index contributed by atoms with van der Waals surface area (Å²) in [5.41, 5.74) is 0. The van der Waals surface area contributed by atoms with Crippen LogP contribution in [0.2, 0.25) is 0 Å². The molecule has 0 aliphatic rings. The van der Waals surface area contributed by atoms with E-state index in [0.717, 1.165) is 6.08 Å². The molecule has 6 heteroatoms. The first kappa shape index (κ1) is 13.6. The zero-order chi connectivity index (χ0) is 11.5. The predicted molar refractivity (Wildman–Crippen MR) is 50.4 cm³/mol. The maximum absolute atomic E-state index is 10.5. The fourth-order valence-corrected chi connectivity index (χ4v) is 0.640. The summed E-state index contributed by atoms with van der Waals surface area (Å²) in [7, 11) is 0. The van der Waals surface area contributed by atoms with Crippen LogP contribution >= 0.6 is 0 Å². The normalized spacial score (nSPS) is 9.60. The van der Waals surface area contributed by atoms with Crippen LogP contribution in [0.4, 0.5) is 0 Å². The van der Waals surface area contributed by atoms with E-state index in [4.69, 9.17) is 14.6 Å². The van der Waals surface area contributed by atoms with Crippen LogP contribution in [0.15, 0.2) is 12.7 Å². The lowest BCUT2D eigenvalue weighted by Crippen LogP contribution is -2.14. The zero-order valence-electron chi connectivity index (χ0n) is 8.31. The summed E-state index contributed by atoms with van der Waals surface area (Å²) >= 11 is 0. The topological polar surface area (TPSA) is 82.1 Å². The molecular formula is C9H14O6. The fraction of sp³-hybridized carbons (Fsp3) is 0.556. The second-order valence-corrected chi connectivity index (χ2v) is 2.43. The van der Waals surface area contributed by atoms with Gasteiger partial charge in [-0.05, 0) is 0 Å². The van der Waals surface area contributed by atoms with Crippen LogP contribution < -0.4 is 0 Å². The number of aliphatic carboxylic acids is 1. The molecule has 0 aliphatic carbocycles. The van der Waals surface area contributed by atoms with Gasteiger partial charge in [-0.25, -0.2) is 9.59 Å². The number of carbonyl (C=O) groups is 2. The van der Waals surface area contributed by atoms with Gasteiger partial charge in [0.25, 0.3) is 0 Å². The van der Waals surface area contributed by atoms with Gasteiger partial charge in [-0.3, -0.25) is 0 Å². The molecule has 0 rings (SSSR count). The van der Waals surface area contributed by atoms with Gasteiger partial charge in [0.2, 0.25) is 0 Å². The van der Waals surface area contributed by atoms with E-state index in [9.17, 15) is 9.59 Å². The van der Waals surface area contributed by atoms with E-state index in [1.54, 1.807) is 0 Å². The maximum atomic E-state index is 10.5. The molecule has 86 valence electrons. The van der Waals surface area contributed by atoms with E-state index in [0.29, 0.717) is 0 Å². The third-order valence-corrected chi connectivity index (χ3v) is 1.24. The minimum atomic E-state index is -1.02. The van der Waals surface area contributed by atoms with Crippen molar-refractivity contribution in [3.05, 3.63) is 12.7 Å². The van der Waals surface area contributed by atoms with Crippen LogP contribution in [0.5, 0.6) is 0 Å². The second-order valence-electron chi connectivity index (χ2n) is 2.43. The number of carboxylic acid groups (broad SMARTS) is 1. The molecule has 6 nitrogen and oxygen atoms in total. The summed E-state index contributed by atoms with van der Waals surface area (Å²) < 4.78 is 14.3. The molecule has 0 bridgehead atoms. The first-order chi connectivity index (χ1) is 7.16. The molecule has 15 heavy (non-hydrogen) atoms. The van der Waals surface area contributed by atoms with Crippen LogP contribution in [0.25, 0.3) is 0 Å². The van der Waals surface area contributed by atoms with Gasteiger partial charge in [-0.2, -0.15) is 0 Å². The SMILES string of the molecule is C=CC(=O)OCCOCCOCC(=O)O. The lowest BCUT2D eigenvalue weighted by atomic mass is 10.6. The highest BCUT2D eigenvalue weighted by Crippen LogP contribution is 1.82. The lowest BCUT2D eigenvalue weighted by Gasteiger charge is -2.04. The Hall–Kier alpha value is -1.40. The Labute approximate surface area is 87.4 Å². The van der Waals surface area contributed by atoms with Gasteiger partial charge < -0.3 is 19.3 Å². The Morgan fingerprint density at radius 2 is 1.73 bits per heavy atom. The number of hydrogen-bond donors (Lipinski definition) is 1. The molecule has 1 N–H and O–H groups in total. The molecule has 0 unspecified atom stereocenters. The van der Waals surface area contributed by atoms with Gasteiger partial charge in [-0.15, -0.1) is 0 Å². The van der Waals surface area contributed by atoms with Crippen molar-refractivity contribution in [2.24, 2.45) is 0 Å². The van der Waals surface area contributed by atoms with Gasteiger partial charge in [-0.1, -0.05) is 6.58 Å². The van der Waals surface area contributed by atoms with Crippen LogP contribution in [0.1, 0.15) is 0 Å². The van der Waals surface area contributed by atoms with E-state index in [1.165, 1.54) is 0 Å². The maximum Gasteiger partial charge on any atom is 0.330 e. The van der Waals surface area contributed by atoms with Gasteiger partial charge >= 0.3 is 11.9 Å². The Balaban J connectivity index is 3.08. The molecule has 0 aromatic heterocycles. The molecular weight excluding hydrogens is 204 g/mol. The number of rotatable bonds is 9. The highest BCUT2D eigenvalue weighted by atomic mass is 16.6. The molecule has 0 radical (unpaired) electrons. The summed E-state index contributed by atoms with van der Waals surface area (Å²) in [6, 6.07) is 0. The molecule has 0 aromatic rings. The minimum absolute atomic E-state index is 0.143. The van der Waals surface area contributed by atoms with Crippen molar-refractivity contribution in [2.45, 2.75) is 0 Å². The number of ether oxygens (including phenoxy) is 3. The van der Waals surface area contributed by atoms with Crippen molar-refractivity contribution >= 4 is 11.9 Å². The number of esters is 1. The van der Waals surface area contributed by atoms with E-state index in [-0.39, 0.29) is 33.0 Å². The van der Waals surface area contributed by atoms with Crippen molar-refractivity contribution in [1.82, 2.24) is 0 Å². The molecule has 0 amide bonds. The van der Waals surface area contributed by atoms with Gasteiger partial charge in [0.15, 0.2) is 0 Å². The summed E-state index contributed by atoms with van der Waals surface area (Å²) in [4.78, 5) is 20.5. The smallest absolute Gasteiger partial charge is 0.330 e. The molecule has 0 aromatic carbocycles. The van der Waals surface area contributed by atoms with Crippen molar-refractivity contribution in [2.75, 3.05) is 33.0 Å². The van der Waals surface area contributed by atoms with E-state index in [2.05, 4.69) is 11.3 Å². The molecule has 0 saturated carbocycles. The number of carbonyl (C=O) groups excluding carboxylic acids is 1. The summed E-state index contributed by atoms with van der Waals surface area (Å²) in [6.07, 6.45) is 1.07. The fourth-order valence-electron chi connectivity index (χ4n) is 0.640. The van der Waals surface area contributed by atoms with E-state index in [1.807, 2.05) is 0 Å². The van der Waals surface area contributed by atoms with Crippen LogP contribution in [0, 0.1) is 0 Å². The summed E-state index contributed by atoms with van der Waals surface area (Å²) in [5.74, 6) is -1.52. The average molecular weight is 218 g/mol. The number of carboxylic acids is 1.